The number of rotatable bonds is 3. The van der Waals surface area contributed by atoms with Crippen LogP contribution in [0.3, 0.4) is 0 Å². The highest BCUT2D eigenvalue weighted by molar-refractivity contribution is 6.30. The van der Waals surface area contributed by atoms with E-state index in [1.807, 2.05) is 0 Å². The molecule has 1 aliphatic heterocycles. The number of amides is 3. The Bertz CT molecular complexity index is 886. The molecule has 3 amide bonds. The van der Waals surface area contributed by atoms with Gasteiger partial charge < -0.3 is 15.1 Å². The molecule has 0 aliphatic carbocycles. The second-order valence-corrected chi connectivity index (χ2v) is 7.01. The van der Waals surface area contributed by atoms with E-state index in [0.717, 1.165) is 0 Å². The van der Waals surface area contributed by atoms with Crippen molar-refractivity contribution in [2.24, 2.45) is 0 Å². The van der Waals surface area contributed by atoms with Crippen LogP contribution in [-0.4, -0.2) is 47.9 Å². The molecule has 0 spiro atoms. The summed E-state index contributed by atoms with van der Waals surface area (Å²) < 4.78 is 27.1. The zero-order valence-corrected chi connectivity index (χ0v) is 16.0. The molecule has 5 nitrogen and oxygen atoms in total. The van der Waals surface area contributed by atoms with E-state index in [4.69, 9.17) is 11.6 Å². The Morgan fingerprint density at radius 1 is 1.00 bits per heavy atom. The molecule has 1 N–H and O–H groups in total. The van der Waals surface area contributed by atoms with Crippen LogP contribution in [0.4, 0.5) is 13.6 Å². The van der Waals surface area contributed by atoms with Crippen molar-refractivity contribution >= 4 is 23.5 Å². The maximum Gasteiger partial charge on any atom is 0.317 e. The molecular formula is C20H20ClF2N3O2. The number of hydrogen-bond acceptors (Lipinski definition) is 2. The number of nitrogens with one attached hydrogen (secondary N) is 1. The molecule has 2 aromatic rings. The van der Waals surface area contributed by atoms with Gasteiger partial charge in [0.25, 0.3) is 5.91 Å². The zero-order valence-electron chi connectivity index (χ0n) is 15.3. The molecule has 8 heteroatoms. The number of hydrogen-bond donors (Lipinski definition) is 1. The van der Waals surface area contributed by atoms with Crippen LogP contribution in [0.15, 0.2) is 42.5 Å². The van der Waals surface area contributed by atoms with Gasteiger partial charge >= 0.3 is 6.03 Å². The molecular weight excluding hydrogens is 388 g/mol. The summed E-state index contributed by atoms with van der Waals surface area (Å²) in [6.45, 7) is 3.08. The lowest BCUT2D eigenvalue weighted by Gasteiger charge is -2.35. The number of benzene rings is 2. The van der Waals surface area contributed by atoms with Gasteiger partial charge in [-0.1, -0.05) is 29.8 Å². The molecule has 0 bridgehead atoms. The number of carbonyl (C=O) groups is 2. The fourth-order valence-corrected chi connectivity index (χ4v) is 3.25. The van der Waals surface area contributed by atoms with Gasteiger partial charge in [-0.05, 0) is 36.8 Å². The summed E-state index contributed by atoms with van der Waals surface area (Å²) in [5.41, 5.74) is 0.718. The standard InChI is InChI=1S/C20H20ClF2N3O2/c1-13(14-6-7-18(23)16(21)12-14)24-20(28)26-10-8-25(9-11-26)19(27)15-4-2-3-5-17(15)22/h2-7,12-13H,8-11H2,1H3,(H,24,28). The summed E-state index contributed by atoms with van der Waals surface area (Å²) in [5.74, 6) is -1.45. The molecule has 1 aliphatic rings. The van der Waals surface area contributed by atoms with E-state index in [1.54, 1.807) is 24.0 Å². The van der Waals surface area contributed by atoms with E-state index in [2.05, 4.69) is 5.32 Å². The Kier molecular flexibility index (Phi) is 6.14. The maximum atomic E-state index is 13.8. The predicted octanol–water partition coefficient (Wildman–Crippen LogP) is 3.85. The van der Waals surface area contributed by atoms with E-state index < -0.39 is 11.6 Å². The minimum absolute atomic E-state index is 0.00105. The van der Waals surface area contributed by atoms with E-state index in [-0.39, 0.29) is 28.6 Å². The lowest BCUT2D eigenvalue weighted by atomic mass is 10.1. The van der Waals surface area contributed by atoms with Crippen molar-refractivity contribution < 1.29 is 18.4 Å². The number of urea groups is 1. The van der Waals surface area contributed by atoms with Gasteiger partial charge in [0.05, 0.1) is 16.6 Å². The van der Waals surface area contributed by atoms with Crippen molar-refractivity contribution in [2.45, 2.75) is 13.0 Å². The molecule has 1 unspecified atom stereocenters. The normalized spacial score (nSPS) is 15.3. The predicted molar refractivity (Wildman–Crippen MR) is 102 cm³/mol. The third-order valence-electron chi connectivity index (χ3n) is 4.74. The summed E-state index contributed by atoms with van der Waals surface area (Å²) in [4.78, 5) is 28.0. The van der Waals surface area contributed by atoms with Gasteiger partial charge in [0.2, 0.25) is 0 Å². The van der Waals surface area contributed by atoms with Gasteiger partial charge in [0.15, 0.2) is 0 Å². The Hall–Kier alpha value is -2.67. The van der Waals surface area contributed by atoms with Gasteiger partial charge in [0, 0.05) is 26.2 Å². The average molecular weight is 408 g/mol. The Morgan fingerprint density at radius 2 is 1.64 bits per heavy atom. The van der Waals surface area contributed by atoms with Crippen molar-refractivity contribution in [3.8, 4) is 0 Å². The van der Waals surface area contributed by atoms with Crippen molar-refractivity contribution in [3.05, 3.63) is 70.2 Å². The minimum Gasteiger partial charge on any atom is -0.335 e. The lowest BCUT2D eigenvalue weighted by Crippen LogP contribution is -2.53. The van der Waals surface area contributed by atoms with Gasteiger partial charge in [-0.25, -0.2) is 13.6 Å². The van der Waals surface area contributed by atoms with Gasteiger partial charge in [0.1, 0.15) is 11.6 Å². The first kappa shape index (κ1) is 20.1. The molecule has 28 heavy (non-hydrogen) atoms. The zero-order chi connectivity index (χ0) is 20.3. The summed E-state index contributed by atoms with van der Waals surface area (Å²) in [6.07, 6.45) is 0. The fraction of sp³-hybridized carbons (Fsp3) is 0.300. The molecule has 148 valence electrons. The summed E-state index contributed by atoms with van der Waals surface area (Å²) in [5, 5.41) is 2.84. The number of nitrogens with zero attached hydrogens (tertiary/aromatic N) is 2. The Morgan fingerprint density at radius 3 is 2.29 bits per heavy atom. The van der Waals surface area contributed by atoms with E-state index in [0.29, 0.717) is 31.7 Å². The van der Waals surface area contributed by atoms with Crippen molar-refractivity contribution in [2.75, 3.05) is 26.2 Å². The van der Waals surface area contributed by atoms with Crippen LogP contribution in [0.25, 0.3) is 0 Å². The number of halogens is 3. The molecule has 1 fully saturated rings. The van der Waals surface area contributed by atoms with Gasteiger partial charge in [-0.2, -0.15) is 0 Å². The first-order valence-electron chi connectivity index (χ1n) is 8.91. The van der Waals surface area contributed by atoms with Crippen LogP contribution >= 0.6 is 11.6 Å². The van der Waals surface area contributed by atoms with Crippen molar-refractivity contribution in [1.29, 1.82) is 0 Å². The molecule has 1 heterocycles. The third-order valence-corrected chi connectivity index (χ3v) is 5.03. The first-order valence-corrected chi connectivity index (χ1v) is 9.29. The average Bonchev–Trinajstić information content (AvgIpc) is 2.70. The van der Waals surface area contributed by atoms with E-state index in [9.17, 15) is 18.4 Å². The lowest BCUT2D eigenvalue weighted by molar-refractivity contribution is 0.0659. The topological polar surface area (TPSA) is 52.7 Å². The first-order chi connectivity index (χ1) is 13.4. The quantitative estimate of drug-likeness (QED) is 0.840. The maximum absolute atomic E-state index is 13.8. The van der Waals surface area contributed by atoms with Crippen LogP contribution in [0.5, 0.6) is 0 Å². The summed E-state index contributed by atoms with van der Waals surface area (Å²) in [7, 11) is 0. The summed E-state index contributed by atoms with van der Waals surface area (Å²) in [6, 6.07) is 9.51. The van der Waals surface area contributed by atoms with Crippen molar-refractivity contribution in [1.82, 2.24) is 15.1 Å². The highest BCUT2D eigenvalue weighted by atomic mass is 35.5. The van der Waals surface area contributed by atoms with Crippen LogP contribution in [0, 0.1) is 11.6 Å². The second-order valence-electron chi connectivity index (χ2n) is 6.60. The highest BCUT2D eigenvalue weighted by Gasteiger charge is 2.26. The largest absolute Gasteiger partial charge is 0.335 e. The van der Waals surface area contributed by atoms with Crippen LogP contribution < -0.4 is 5.32 Å². The SMILES string of the molecule is CC(NC(=O)N1CCN(C(=O)c2ccccc2F)CC1)c1ccc(F)c(Cl)c1. The molecule has 0 aromatic heterocycles. The number of carbonyl (C=O) groups excluding carboxylic acids is 2. The second kappa shape index (κ2) is 8.56. The van der Waals surface area contributed by atoms with E-state index >= 15 is 0 Å². The molecule has 1 atom stereocenters. The summed E-state index contributed by atoms with van der Waals surface area (Å²) >= 11 is 5.79. The third kappa shape index (κ3) is 4.42. The van der Waals surface area contributed by atoms with Crippen molar-refractivity contribution in [3.63, 3.8) is 0 Å². The molecule has 2 aromatic carbocycles. The van der Waals surface area contributed by atoms with Crippen LogP contribution in [0.1, 0.15) is 28.9 Å². The fourth-order valence-electron chi connectivity index (χ4n) is 3.06. The highest BCUT2D eigenvalue weighted by Crippen LogP contribution is 2.21. The van der Waals surface area contributed by atoms with Gasteiger partial charge in [-0.15, -0.1) is 0 Å². The molecule has 1 saturated heterocycles. The molecule has 3 rings (SSSR count). The Balaban J connectivity index is 1.55. The molecule has 0 saturated carbocycles. The van der Waals surface area contributed by atoms with Crippen LogP contribution in [-0.2, 0) is 0 Å². The Labute approximate surface area is 166 Å². The minimum atomic E-state index is -0.556. The number of piperazine rings is 1. The monoisotopic (exact) mass is 407 g/mol. The van der Waals surface area contributed by atoms with E-state index in [1.165, 1.54) is 35.2 Å². The van der Waals surface area contributed by atoms with Gasteiger partial charge in [-0.3, -0.25) is 4.79 Å². The molecule has 0 radical (unpaired) electrons. The smallest absolute Gasteiger partial charge is 0.317 e. The van der Waals surface area contributed by atoms with Crippen LogP contribution in [0.2, 0.25) is 5.02 Å².